The lowest BCUT2D eigenvalue weighted by molar-refractivity contribution is -0.0472. The zero-order valence-corrected chi connectivity index (χ0v) is 20.0. The second-order valence-corrected chi connectivity index (χ2v) is 9.29. The molecular formula is C24H28FNO6S. The number of aromatic nitrogens is 1. The highest BCUT2D eigenvalue weighted by molar-refractivity contribution is 7.18. The Morgan fingerprint density at radius 2 is 1.79 bits per heavy atom. The summed E-state index contributed by atoms with van der Waals surface area (Å²) in [4.78, 5) is 16.0. The summed E-state index contributed by atoms with van der Waals surface area (Å²) in [6, 6.07) is 5.70. The second-order valence-electron chi connectivity index (χ2n) is 8.18. The van der Waals surface area contributed by atoms with Crippen LogP contribution in [0.2, 0.25) is 0 Å². The van der Waals surface area contributed by atoms with Gasteiger partial charge in [-0.05, 0) is 42.7 Å². The van der Waals surface area contributed by atoms with E-state index in [2.05, 4.69) is 4.98 Å². The molecule has 3 rings (SSSR count). The van der Waals surface area contributed by atoms with Crippen LogP contribution in [0.5, 0.6) is 11.5 Å². The van der Waals surface area contributed by atoms with E-state index in [9.17, 15) is 19.4 Å². The molecule has 3 aromatic rings. The number of methoxy groups -OCH3 is 2. The molecule has 178 valence electrons. The van der Waals surface area contributed by atoms with Crippen LogP contribution in [0.4, 0.5) is 4.39 Å². The van der Waals surface area contributed by atoms with Crippen molar-refractivity contribution in [3.05, 3.63) is 51.8 Å². The van der Waals surface area contributed by atoms with Crippen LogP contribution in [-0.2, 0) is 11.2 Å². The average molecular weight is 478 g/mol. The number of aliphatic hydroxyl groups excluding tert-OH is 1. The van der Waals surface area contributed by atoms with Crippen LogP contribution in [0, 0.1) is 18.7 Å². The number of carboxylic acids is 1. The van der Waals surface area contributed by atoms with Crippen molar-refractivity contribution in [1.29, 1.82) is 0 Å². The van der Waals surface area contributed by atoms with Crippen molar-refractivity contribution in [3.63, 3.8) is 0 Å². The van der Waals surface area contributed by atoms with Gasteiger partial charge >= 0.3 is 5.97 Å². The Morgan fingerprint density at radius 3 is 2.33 bits per heavy atom. The highest BCUT2D eigenvalue weighted by Crippen LogP contribution is 2.35. The predicted molar refractivity (Wildman–Crippen MR) is 124 cm³/mol. The fraction of sp³-hybridized carbons (Fsp3) is 0.417. The molecule has 1 aromatic heterocycles. The van der Waals surface area contributed by atoms with Gasteiger partial charge in [0.15, 0.2) is 0 Å². The number of hydrogen-bond donors (Lipinski definition) is 2. The normalized spacial score (nSPS) is 13.3. The zero-order valence-electron chi connectivity index (χ0n) is 19.2. The van der Waals surface area contributed by atoms with Crippen LogP contribution < -0.4 is 9.47 Å². The Bertz CT molecular complexity index is 1120. The molecule has 0 radical (unpaired) electrons. The second kappa shape index (κ2) is 10.5. The van der Waals surface area contributed by atoms with E-state index in [1.165, 1.54) is 17.4 Å². The molecule has 0 fully saturated rings. The van der Waals surface area contributed by atoms with Crippen molar-refractivity contribution in [1.82, 2.24) is 4.98 Å². The number of carbonyl (C=O) groups is 1. The average Bonchev–Trinajstić information content (AvgIpc) is 3.17. The highest BCUT2D eigenvalue weighted by Gasteiger charge is 2.27. The Hall–Kier alpha value is -2.75. The minimum Gasteiger partial charge on any atom is -0.496 e. The molecule has 33 heavy (non-hydrogen) atoms. The molecule has 0 bridgehead atoms. The van der Waals surface area contributed by atoms with E-state index in [0.29, 0.717) is 33.4 Å². The molecule has 0 unspecified atom stereocenters. The number of benzene rings is 2. The molecule has 2 N–H and O–H groups in total. The van der Waals surface area contributed by atoms with Gasteiger partial charge in [0, 0.05) is 18.6 Å². The number of fused-ring (bicyclic) bond motifs is 1. The van der Waals surface area contributed by atoms with Crippen LogP contribution >= 0.6 is 11.3 Å². The van der Waals surface area contributed by atoms with E-state index in [-0.39, 0.29) is 23.4 Å². The van der Waals surface area contributed by atoms with Crippen LogP contribution in [0.3, 0.4) is 0 Å². The number of thiazole rings is 1. The molecule has 2 atom stereocenters. The van der Waals surface area contributed by atoms with Crippen molar-refractivity contribution in [2.45, 2.75) is 39.4 Å². The summed E-state index contributed by atoms with van der Waals surface area (Å²) in [6.07, 6.45) is -1.50. The van der Waals surface area contributed by atoms with E-state index < -0.39 is 24.0 Å². The lowest BCUT2D eigenvalue weighted by Crippen LogP contribution is -2.26. The summed E-state index contributed by atoms with van der Waals surface area (Å²) in [5.41, 5.74) is 1.40. The number of aromatic carboxylic acids is 1. The van der Waals surface area contributed by atoms with Crippen molar-refractivity contribution in [2.75, 3.05) is 20.8 Å². The fourth-order valence-electron chi connectivity index (χ4n) is 3.53. The van der Waals surface area contributed by atoms with Gasteiger partial charge < -0.3 is 24.4 Å². The summed E-state index contributed by atoms with van der Waals surface area (Å²) in [5, 5.41) is 21.2. The minimum absolute atomic E-state index is 0.194. The topological polar surface area (TPSA) is 98.1 Å². The maximum atomic E-state index is 13.9. The summed E-state index contributed by atoms with van der Waals surface area (Å²) in [6.45, 7) is 6.27. The lowest BCUT2D eigenvalue weighted by atomic mass is 9.99. The first kappa shape index (κ1) is 24.9. The number of rotatable bonds is 10. The van der Waals surface area contributed by atoms with Gasteiger partial charge in [-0.2, -0.15) is 0 Å². The molecule has 0 aliphatic heterocycles. The quantitative estimate of drug-likeness (QED) is 0.434. The van der Waals surface area contributed by atoms with E-state index in [1.807, 2.05) is 20.8 Å². The molecule has 0 aliphatic rings. The molecule has 0 amide bonds. The van der Waals surface area contributed by atoms with Gasteiger partial charge in [0.05, 0.1) is 41.1 Å². The van der Waals surface area contributed by atoms with Crippen LogP contribution in [0.1, 0.15) is 46.4 Å². The summed E-state index contributed by atoms with van der Waals surface area (Å²) in [5.74, 6) is -0.505. The van der Waals surface area contributed by atoms with Gasteiger partial charge in [0.1, 0.15) is 23.4 Å². The number of nitrogens with zero attached hydrogens (tertiary/aromatic N) is 1. The molecule has 9 heteroatoms. The maximum Gasteiger partial charge on any atom is 0.338 e. The van der Waals surface area contributed by atoms with Crippen molar-refractivity contribution < 1.29 is 33.6 Å². The Balaban J connectivity index is 1.98. The summed E-state index contributed by atoms with van der Waals surface area (Å²) in [7, 11) is 3.09. The van der Waals surface area contributed by atoms with E-state index in [4.69, 9.17) is 14.2 Å². The van der Waals surface area contributed by atoms with Crippen LogP contribution in [0.15, 0.2) is 24.3 Å². The van der Waals surface area contributed by atoms with Crippen molar-refractivity contribution in [3.8, 4) is 11.5 Å². The first-order valence-corrected chi connectivity index (χ1v) is 11.3. The predicted octanol–water partition coefficient (Wildman–Crippen LogP) is 4.78. The van der Waals surface area contributed by atoms with Gasteiger partial charge in [0.2, 0.25) is 0 Å². The number of hydrogen-bond acceptors (Lipinski definition) is 7. The molecule has 0 aliphatic carbocycles. The molecule has 1 heterocycles. The minimum atomic E-state index is -1.25. The third kappa shape index (κ3) is 5.61. The number of aliphatic hydroxyl groups is 1. The largest absolute Gasteiger partial charge is 0.496 e. The molecule has 0 saturated heterocycles. The van der Waals surface area contributed by atoms with Gasteiger partial charge in [-0.25, -0.2) is 14.2 Å². The fourth-order valence-corrected chi connectivity index (χ4v) is 4.60. The lowest BCUT2D eigenvalue weighted by Gasteiger charge is -2.25. The zero-order chi connectivity index (χ0) is 24.3. The van der Waals surface area contributed by atoms with Gasteiger partial charge in [-0.3, -0.25) is 0 Å². The van der Waals surface area contributed by atoms with Gasteiger partial charge in [-0.15, -0.1) is 11.3 Å². The molecule has 0 spiro atoms. The van der Waals surface area contributed by atoms with E-state index >= 15 is 0 Å². The first-order chi connectivity index (χ1) is 15.6. The Morgan fingerprint density at radius 1 is 1.15 bits per heavy atom. The van der Waals surface area contributed by atoms with E-state index in [0.717, 1.165) is 11.6 Å². The molecule has 7 nitrogen and oxygen atoms in total. The standard InChI is InChI=1S/C24H28FNO6S/c1-12(2)11-32-19(23(27)14-6-17(30-4)13(3)18(7-14)31-5)10-21-26-22-16(24(28)29)8-15(25)9-20(22)33-21/h6-9,12,19,23,27H,10-11H2,1-5H3,(H,28,29)/t19-,23+/m0/s1. The van der Waals surface area contributed by atoms with E-state index in [1.54, 1.807) is 26.4 Å². The summed E-state index contributed by atoms with van der Waals surface area (Å²) < 4.78 is 31.2. The SMILES string of the molecule is COc1cc([C@@H](O)[C@H](Cc2nc3c(C(=O)O)cc(F)cc3s2)OCC(C)C)cc(OC)c1C. The van der Waals surface area contributed by atoms with Gasteiger partial charge in [-0.1, -0.05) is 13.8 Å². The Labute approximate surface area is 195 Å². The smallest absolute Gasteiger partial charge is 0.338 e. The third-order valence-corrected chi connectivity index (χ3v) is 6.25. The number of halogens is 1. The van der Waals surface area contributed by atoms with Crippen molar-refractivity contribution in [2.24, 2.45) is 5.92 Å². The van der Waals surface area contributed by atoms with Crippen molar-refractivity contribution >= 4 is 27.5 Å². The first-order valence-electron chi connectivity index (χ1n) is 10.5. The van der Waals surface area contributed by atoms with Gasteiger partial charge in [0.25, 0.3) is 0 Å². The monoisotopic (exact) mass is 477 g/mol. The highest BCUT2D eigenvalue weighted by atomic mass is 32.1. The Kier molecular flexibility index (Phi) is 7.88. The van der Waals surface area contributed by atoms with Crippen LogP contribution in [0.25, 0.3) is 10.2 Å². The van der Waals surface area contributed by atoms with Crippen LogP contribution in [-0.4, -0.2) is 48.1 Å². The number of ether oxygens (including phenoxy) is 3. The number of carboxylic acid groups (broad SMARTS) is 1. The third-order valence-electron chi connectivity index (χ3n) is 5.22. The summed E-state index contributed by atoms with van der Waals surface area (Å²) >= 11 is 1.18. The maximum absolute atomic E-state index is 13.9. The molecule has 2 aromatic carbocycles. The molecule has 0 saturated carbocycles. The molecular weight excluding hydrogens is 449 g/mol.